The van der Waals surface area contributed by atoms with Crippen molar-refractivity contribution in [1.82, 2.24) is 4.98 Å². The van der Waals surface area contributed by atoms with E-state index in [0.717, 1.165) is 6.07 Å². The molecule has 0 spiro atoms. The van der Waals surface area contributed by atoms with E-state index in [1.54, 1.807) is 13.8 Å². The van der Waals surface area contributed by atoms with E-state index < -0.39 is 23.4 Å². The second kappa shape index (κ2) is 7.18. The number of benzene rings is 1. The van der Waals surface area contributed by atoms with Gasteiger partial charge < -0.3 is 4.74 Å². The molecule has 0 atom stereocenters. The largest absolute Gasteiger partial charge is 0.420 e. The molecule has 0 radical (unpaired) electrons. The molecule has 0 unspecified atom stereocenters. The van der Waals surface area contributed by atoms with Crippen molar-refractivity contribution < 1.29 is 23.1 Å². The highest BCUT2D eigenvalue weighted by atomic mass is 19.2. The Morgan fingerprint density at radius 1 is 1.29 bits per heavy atom. The third-order valence-corrected chi connectivity index (χ3v) is 3.62. The standard InChI is InChI=1S/C18H15F2NO3/c1-4-5-6-7-14(22)18(23)24-17-10(2)11(3)21-13-9-8-12(19)16(20)15(13)17/h1,8-9H,5-7H2,2-3H3. The van der Waals surface area contributed by atoms with Crippen LogP contribution in [0.25, 0.3) is 10.9 Å². The number of pyridine rings is 1. The van der Waals surface area contributed by atoms with Gasteiger partial charge in [0.15, 0.2) is 11.6 Å². The number of aryl methyl sites for hydroxylation is 1. The van der Waals surface area contributed by atoms with Crippen molar-refractivity contribution in [2.45, 2.75) is 33.1 Å². The van der Waals surface area contributed by atoms with Crippen LogP contribution in [0, 0.1) is 37.8 Å². The van der Waals surface area contributed by atoms with Crippen LogP contribution in [0.3, 0.4) is 0 Å². The molecule has 2 rings (SSSR count). The first-order valence-corrected chi connectivity index (χ1v) is 7.30. The highest BCUT2D eigenvalue weighted by Crippen LogP contribution is 2.33. The summed E-state index contributed by atoms with van der Waals surface area (Å²) in [4.78, 5) is 27.9. The molecule has 0 aliphatic rings. The van der Waals surface area contributed by atoms with Gasteiger partial charge >= 0.3 is 5.97 Å². The van der Waals surface area contributed by atoms with Gasteiger partial charge in [-0.15, -0.1) is 12.3 Å². The molecule has 2 aromatic rings. The zero-order valence-electron chi connectivity index (χ0n) is 13.3. The molecular weight excluding hydrogens is 316 g/mol. The van der Waals surface area contributed by atoms with Gasteiger partial charge in [0.1, 0.15) is 5.75 Å². The summed E-state index contributed by atoms with van der Waals surface area (Å²) in [5.41, 5.74) is 0.979. The number of hydrogen-bond acceptors (Lipinski definition) is 4. The zero-order chi connectivity index (χ0) is 17.9. The summed E-state index contributed by atoms with van der Waals surface area (Å²) in [6, 6.07) is 2.22. The number of carbonyl (C=O) groups excluding carboxylic acids is 2. The van der Waals surface area contributed by atoms with E-state index in [9.17, 15) is 18.4 Å². The van der Waals surface area contributed by atoms with Crippen molar-refractivity contribution in [1.29, 1.82) is 0 Å². The maximum absolute atomic E-state index is 14.2. The van der Waals surface area contributed by atoms with Crippen LogP contribution < -0.4 is 4.74 Å². The quantitative estimate of drug-likeness (QED) is 0.365. The number of esters is 1. The van der Waals surface area contributed by atoms with E-state index in [1.807, 2.05) is 0 Å². The van der Waals surface area contributed by atoms with Gasteiger partial charge in [-0.05, 0) is 32.4 Å². The predicted octanol–water partition coefficient (Wildman–Crippen LogP) is 3.41. The number of carbonyl (C=O) groups is 2. The van der Waals surface area contributed by atoms with E-state index in [2.05, 4.69) is 10.9 Å². The second-order valence-electron chi connectivity index (χ2n) is 5.28. The van der Waals surface area contributed by atoms with E-state index in [0.29, 0.717) is 24.1 Å². The van der Waals surface area contributed by atoms with Crippen LogP contribution in [0.5, 0.6) is 5.75 Å². The zero-order valence-corrected chi connectivity index (χ0v) is 13.3. The lowest BCUT2D eigenvalue weighted by Gasteiger charge is -2.13. The third kappa shape index (κ3) is 3.40. The first-order valence-electron chi connectivity index (χ1n) is 7.30. The minimum Gasteiger partial charge on any atom is -0.420 e. The molecule has 0 N–H and O–H groups in total. The Morgan fingerprint density at radius 2 is 2.00 bits per heavy atom. The third-order valence-electron chi connectivity index (χ3n) is 3.62. The van der Waals surface area contributed by atoms with Gasteiger partial charge in [0.05, 0.1) is 10.9 Å². The smallest absolute Gasteiger partial charge is 0.380 e. The Bertz CT molecular complexity index is 869. The number of fused-ring (bicyclic) bond motifs is 1. The molecule has 4 nitrogen and oxygen atoms in total. The average Bonchev–Trinajstić information content (AvgIpc) is 2.55. The van der Waals surface area contributed by atoms with Crippen molar-refractivity contribution in [2.75, 3.05) is 0 Å². The van der Waals surface area contributed by atoms with Crippen LogP contribution in [0.15, 0.2) is 12.1 Å². The molecular formula is C18H15F2NO3. The van der Waals surface area contributed by atoms with Gasteiger partial charge in [-0.25, -0.2) is 13.6 Å². The lowest BCUT2D eigenvalue weighted by atomic mass is 10.1. The SMILES string of the molecule is C#CCCCC(=O)C(=O)Oc1c(C)c(C)nc2ccc(F)c(F)c12. The van der Waals surface area contributed by atoms with E-state index >= 15 is 0 Å². The summed E-state index contributed by atoms with van der Waals surface area (Å²) in [5.74, 6) is -2.00. The van der Waals surface area contributed by atoms with Crippen LogP contribution in [-0.2, 0) is 9.59 Å². The molecule has 0 amide bonds. The summed E-state index contributed by atoms with van der Waals surface area (Å²) >= 11 is 0. The average molecular weight is 331 g/mol. The Morgan fingerprint density at radius 3 is 2.67 bits per heavy atom. The monoisotopic (exact) mass is 331 g/mol. The maximum Gasteiger partial charge on any atom is 0.380 e. The van der Waals surface area contributed by atoms with Crippen molar-refractivity contribution in [3.05, 3.63) is 35.0 Å². The van der Waals surface area contributed by atoms with Gasteiger partial charge in [-0.2, -0.15) is 0 Å². The molecule has 0 aliphatic heterocycles. The Kier molecular flexibility index (Phi) is 5.24. The summed E-state index contributed by atoms with van der Waals surface area (Å²) in [7, 11) is 0. The molecule has 0 aliphatic carbocycles. The van der Waals surface area contributed by atoms with E-state index in [-0.39, 0.29) is 23.1 Å². The number of hydrogen-bond donors (Lipinski definition) is 0. The number of nitrogens with zero attached hydrogens (tertiary/aromatic N) is 1. The van der Waals surface area contributed by atoms with Crippen molar-refractivity contribution in [3.63, 3.8) is 0 Å². The highest BCUT2D eigenvalue weighted by molar-refractivity contribution is 6.34. The second-order valence-corrected chi connectivity index (χ2v) is 5.28. The van der Waals surface area contributed by atoms with Gasteiger partial charge in [0.2, 0.25) is 5.78 Å². The van der Waals surface area contributed by atoms with Crippen LogP contribution in [0.1, 0.15) is 30.5 Å². The first kappa shape index (κ1) is 17.5. The number of terminal acetylenes is 1. The predicted molar refractivity (Wildman–Crippen MR) is 84.5 cm³/mol. The first-order chi connectivity index (χ1) is 11.4. The molecule has 1 aromatic heterocycles. The van der Waals surface area contributed by atoms with Crippen LogP contribution in [0.4, 0.5) is 8.78 Å². The minimum atomic E-state index is -1.18. The van der Waals surface area contributed by atoms with Crippen molar-refractivity contribution in [2.24, 2.45) is 0 Å². The summed E-state index contributed by atoms with van der Waals surface area (Å²) in [5, 5.41) is -0.261. The number of ketones is 1. The fourth-order valence-corrected chi connectivity index (χ4v) is 2.20. The fourth-order valence-electron chi connectivity index (χ4n) is 2.20. The van der Waals surface area contributed by atoms with Gasteiger partial charge in [0.25, 0.3) is 0 Å². The highest BCUT2D eigenvalue weighted by Gasteiger charge is 2.23. The number of rotatable bonds is 5. The molecule has 0 fully saturated rings. The van der Waals surface area contributed by atoms with Gasteiger partial charge in [0, 0.05) is 24.1 Å². The molecule has 1 heterocycles. The van der Waals surface area contributed by atoms with Gasteiger partial charge in [-0.1, -0.05) is 0 Å². The van der Waals surface area contributed by atoms with E-state index in [1.165, 1.54) is 6.07 Å². The molecule has 24 heavy (non-hydrogen) atoms. The lowest BCUT2D eigenvalue weighted by molar-refractivity contribution is -0.147. The van der Waals surface area contributed by atoms with Crippen LogP contribution in [-0.4, -0.2) is 16.7 Å². The molecule has 0 saturated heterocycles. The number of Topliss-reactive ketones (excluding diaryl/α,β-unsaturated/α-hetero) is 1. The fraction of sp³-hybridized carbons (Fsp3) is 0.278. The van der Waals surface area contributed by atoms with Crippen molar-refractivity contribution in [3.8, 4) is 18.1 Å². The van der Waals surface area contributed by atoms with Gasteiger partial charge in [-0.3, -0.25) is 9.78 Å². The molecule has 0 bridgehead atoms. The van der Waals surface area contributed by atoms with Crippen LogP contribution >= 0.6 is 0 Å². The summed E-state index contributed by atoms with van der Waals surface area (Å²) in [6.45, 7) is 3.19. The molecule has 1 aromatic carbocycles. The topological polar surface area (TPSA) is 56.3 Å². The van der Waals surface area contributed by atoms with Crippen molar-refractivity contribution >= 4 is 22.7 Å². The number of aromatic nitrogens is 1. The van der Waals surface area contributed by atoms with Crippen LogP contribution in [0.2, 0.25) is 0 Å². The Hall–Kier alpha value is -2.81. The number of halogens is 2. The minimum absolute atomic E-state index is 0.0685. The molecule has 124 valence electrons. The number of unbranched alkanes of at least 4 members (excludes halogenated alkanes) is 1. The summed E-state index contributed by atoms with van der Waals surface area (Å²) in [6.07, 6.45) is 5.72. The maximum atomic E-state index is 14.2. The van der Waals surface area contributed by atoms with E-state index in [4.69, 9.17) is 11.2 Å². The lowest BCUT2D eigenvalue weighted by Crippen LogP contribution is -2.21. The Labute approximate surface area is 137 Å². The molecule has 0 saturated carbocycles. The molecule has 6 heteroatoms. The normalized spacial score (nSPS) is 10.5. The summed E-state index contributed by atoms with van der Waals surface area (Å²) < 4.78 is 32.8. The Balaban J connectivity index is 2.43. The number of ether oxygens (including phenoxy) is 1.